The lowest BCUT2D eigenvalue weighted by Gasteiger charge is -2.26. The van der Waals surface area contributed by atoms with Crippen molar-refractivity contribution < 1.29 is 0 Å². The van der Waals surface area contributed by atoms with Gasteiger partial charge in [0.15, 0.2) is 0 Å². The van der Waals surface area contributed by atoms with Crippen LogP contribution in [0, 0.1) is 0 Å². The Morgan fingerprint density at radius 1 is 0.380 bits per heavy atom. The van der Waals surface area contributed by atoms with Crippen molar-refractivity contribution in [3.63, 3.8) is 0 Å². The molecule has 0 unspecified atom stereocenters. The Morgan fingerprint density at radius 3 is 1.74 bits per heavy atom. The second kappa shape index (κ2) is 10.9. The molecule has 0 bridgehead atoms. The van der Waals surface area contributed by atoms with Gasteiger partial charge in [0.25, 0.3) is 0 Å². The highest BCUT2D eigenvalue weighted by atomic mass is 15.1. The highest BCUT2D eigenvalue weighted by molar-refractivity contribution is 6.25. The maximum Gasteiger partial charge on any atom is 0.0468 e. The summed E-state index contributed by atoms with van der Waals surface area (Å²) in [5.41, 5.74) is 11.4. The standard InChI is InChI=1S/C49H35N/c1-49(2)44-15-9-8-14-43(44)48-45(49)29-23-36-17-16-35-18-19-38-31-41(27-28-42(38)46(35)47(36)48)50(40-26-22-33-12-6-7-13-37(33)30-40)39-24-20-34(21-25-39)32-10-4-3-5-11-32/h3-31H,1-2H3. The van der Waals surface area contributed by atoms with Crippen LogP contribution in [0.5, 0.6) is 0 Å². The van der Waals surface area contributed by atoms with Gasteiger partial charge < -0.3 is 4.90 Å². The number of hydrogen-bond acceptors (Lipinski definition) is 1. The second-order valence-corrected chi connectivity index (χ2v) is 14.2. The van der Waals surface area contributed by atoms with E-state index in [-0.39, 0.29) is 5.41 Å². The van der Waals surface area contributed by atoms with Crippen molar-refractivity contribution in [1.29, 1.82) is 0 Å². The summed E-state index contributed by atoms with van der Waals surface area (Å²) in [5.74, 6) is 0. The first-order valence-electron chi connectivity index (χ1n) is 17.5. The Kier molecular flexibility index (Phi) is 6.29. The van der Waals surface area contributed by atoms with Gasteiger partial charge in [-0.2, -0.15) is 0 Å². The Labute approximate surface area is 292 Å². The van der Waals surface area contributed by atoms with Crippen LogP contribution in [0.15, 0.2) is 176 Å². The van der Waals surface area contributed by atoms with Crippen molar-refractivity contribution in [2.24, 2.45) is 0 Å². The van der Waals surface area contributed by atoms with Crippen LogP contribution >= 0.6 is 0 Å². The third-order valence-corrected chi connectivity index (χ3v) is 11.0. The van der Waals surface area contributed by atoms with E-state index < -0.39 is 0 Å². The Balaban J connectivity index is 1.19. The summed E-state index contributed by atoms with van der Waals surface area (Å²) >= 11 is 0. The second-order valence-electron chi connectivity index (χ2n) is 14.2. The largest absolute Gasteiger partial charge is 0.310 e. The predicted octanol–water partition coefficient (Wildman–Crippen LogP) is 13.7. The molecule has 10 rings (SSSR count). The molecule has 0 amide bonds. The van der Waals surface area contributed by atoms with Gasteiger partial charge in [-0.1, -0.05) is 153 Å². The molecule has 50 heavy (non-hydrogen) atoms. The zero-order valence-electron chi connectivity index (χ0n) is 28.2. The van der Waals surface area contributed by atoms with Gasteiger partial charge in [-0.15, -0.1) is 0 Å². The van der Waals surface area contributed by atoms with Gasteiger partial charge in [-0.25, -0.2) is 0 Å². The monoisotopic (exact) mass is 637 g/mol. The van der Waals surface area contributed by atoms with Crippen molar-refractivity contribution in [3.05, 3.63) is 187 Å². The van der Waals surface area contributed by atoms with Crippen molar-refractivity contribution >= 4 is 60.2 Å². The van der Waals surface area contributed by atoms with E-state index in [4.69, 9.17) is 0 Å². The third kappa shape index (κ3) is 4.33. The maximum absolute atomic E-state index is 2.39. The first-order chi connectivity index (χ1) is 24.5. The molecule has 0 fully saturated rings. The lowest BCUT2D eigenvalue weighted by Crippen LogP contribution is -2.14. The fraction of sp³-hybridized carbons (Fsp3) is 0.0612. The van der Waals surface area contributed by atoms with Crippen LogP contribution in [0.4, 0.5) is 17.1 Å². The molecule has 0 radical (unpaired) electrons. The van der Waals surface area contributed by atoms with E-state index in [9.17, 15) is 0 Å². The molecule has 0 aromatic heterocycles. The van der Waals surface area contributed by atoms with Crippen LogP contribution < -0.4 is 4.90 Å². The first-order valence-corrected chi connectivity index (χ1v) is 17.5. The average molecular weight is 638 g/mol. The number of hydrogen-bond donors (Lipinski definition) is 0. The Bertz CT molecular complexity index is 2770. The van der Waals surface area contributed by atoms with Crippen LogP contribution in [0.25, 0.3) is 65.3 Å². The summed E-state index contributed by atoms with van der Waals surface area (Å²) in [4.78, 5) is 2.39. The Hall–Kier alpha value is -6.18. The highest BCUT2D eigenvalue weighted by Crippen LogP contribution is 2.53. The summed E-state index contributed by atoms with van der Waals surface area (Å²) in [5, 5.41) is 10.2. The number of anilines is 3. The van der Waals surface area contributed by atoms with E-state index in [1.807, 2.05) is 0 Å². The van der Waals surface area contributed by atoms with Crippen molar-refractivity contribution in [2.75, 3.05) is 4.90 Å². The molecule has 1 nitrogen and oxygen atoms in total. The molecule has 236 valence electrons. The topological polar surface area (TPSA) is 3.24 Å². The summed E-state index contributed by atoms with van der Waals surface area (Å²) < 4.78 is 0. The van der Waals surface area contributed by atoms with Gasteiger partial charge in [0.2, 0.25) is 0 Å². The fourth-order valence-corrected chi connectivity index (χ4v) is 8.49. The number of benzene rings is 9. The molecule has 0 spiro atoms. The molecular formula is C49H35N. The predicted molar refractivity (Wildman–Crippen MR) is 214 cm³/mol. The van der Waals surface area contributed by atoms with Gasteiger partial charge in [0, 0.05) is 22.5 Å². The van der Waals surface area contributed by atoms with E-state index in [0.717, 1.165) is 17.1 Å². The van der Waals surface area contributed by atoms with E-state index in [0.29, 0.717) is 0 Å². The van der Waals surface area contributed by atoms with Gasteiger partial charge >= 0.3 is 0 Å². The van der Waals surface area contributed by atoms with Crippen molar-refractivity contribution in [3.8, 4) is 22.3 Å². The van der Waals surface area contributed by atoms with E-state index in [1.54, 1.807) is 0 Å². The summed E-state index contributed by atoms with van der Waals surface area (Å²) in [6.45, 7) is 4.74. The summed E-state index contributed by atoms with van der Waals surface area (Å²) in [6.07, 6.45) is 0. The van der Waals surface area contributed by atoms with E-state index in [1.165, 1.54) is 76.5 Å². The molecule has 0 N–H and O–H groups in total. The molecular weight excluding hydrogens is 603 g/mol. The summed E-state index contributed by atoms with van der Waals surface area (Å²) in [6, 6.07) is 64.9. The SMILES string of the molecule is CC1(C)c2ccccc2-c2c1ccc1ccc3ccc4cc(N(c5ccc(-c6ccccc6)cc5)c5ccc6ccccc6c5)ccc4c3c21. The number of rotatable bonds is 4. The molecule has 0 heterocycles. The average Bonchev–Trinajstić information content (AvgIpc) is 3.41. The minimum atomic E-state index is -0.0452. The third-order valence-electron chi connectivity index (χ3n) is 11.0. The van der Waals surface area contributed by atoms with Crippen LogP contribution in [0.1, 0.15) is 25.0 Å². The zero-order valence-corrected chi connectivity index (χ0v) is 28.2. The van der Waals surface area contributed by atoms with Crippen molar-refractivity contribution in [2.45, 2.75) is 19.3 Å². The van der Waals surface area contributed by atoms with Crippen LogP contribution in [-0.4, -0.2) is 0 Å². The number of fused-ring (bicyclic) bond motifs is 10. The van der Waals surface area contributed by atoms with Gasteiger partial charge in [-0.05, 0) is 113 Å². The van der Waals surface area contributed by atoms with Crippen molar-refractivity contribution in [1.82, 2.24) is 0 Å². The molecule has 1 aliphatic rings. The molecule has 0 saturated carbocycles. The van der Waals surface area contributed by atoms with Gasteiger partial charge in [-0.3, -0.25) is 0 Å². The summed E-state index contributed by atoms with van der Waals surface area (Å²) in [7, 11) is 0. The maximum atomic E-state index is 2.39. The van der Waals surface area contributed by atoms with E-state index in [2.05, 4.69) is 195 Å². The van der Waals surface area contributed by atoms with Crippen LogP contribution in [-0.2, 0) is 5.41 Å². The smallest absolute Gasteiger partial charge is 0.0468 e. The van der Waals surface area contributed by atoms with Crippen LogP contribution in [0.3, 0.4) is 0 Å². The quantitative estimate of drug-likeness (QED) is 0.174. The highest BCUT2D eigenvalue weighted by Gasteiger charge is 2.36. The Morgan fingerprint density at radius 2 is 0.940 bits per heavy atom. The van der Waals surface area contributed by atoms with Gasteiger partial charge in [0.1, 0.15) is 0 Å². The molecule has 9 aromatic rings. The van der Waals surface area contributed by atoms with Crippen LogP contribution in [0.2, 0.25) is 0 Å². The molecule has 0 atom stereocenters. The molecule has 9 aromatic carbocycles. The molecule has 1 aliphatic carbocycles. The number of nitrogens with zero attached hydrogens (tertiary/aromatic N) is 1. The normalized spacial score (nSPS) is 13.2. The van der Waals surface area contributed by atoms with E-state index >= 15 is 0 Å². The molecule has 1 heteroatoms. The zero-order chi connectivity index (χ0) is 33.4. The molecule has 0 aliphatic heterocycles. The minimum absolute atomic E-state index is 0.0452. The first kappa shape index (κ1) is 28.8. The molecule has 0 saturated heterocycles. The van der Waals surface area contributed by atoms with Gasteiger partial charge in [0.05, 0.1) is 0 Å². The minimum Gasteiger partial charge on any atom is -0.310 e. The lowest BCUT2D eigenvalue weighted by atomic mass is 9.81. The lowest BCUT2D eigenvalue weighted by molar-refractivity contribution is 0.661. The fourth-order valence-electron chi connectivity index (χ4n) is 8.49.